The van der Waals surface area contributed by atoms with Crippen molar-refractivity contribution in [3.05, 3.63) is 23.3 Å². The molecule has 0 bridgehead atoms. The number of nitrogens with zero attached hydrogens (tertiary/aromatic N) is 2. The number of carbonyl (C=O) groups excluding carboxylic acids is 1. The van der Waals surface area contributed by atoms with Crippen molar-refractivity contribution in [1.82, 2.24) is 15.3 Å². The van der Waals surface area contributed by atoms with Crippen molar-refractivity contribution in [2.75, 3.05) is 6.54 Å². The minimum absolute atomic E-state index is 0.156. The summed E-state index contributed by atoms with van der Waals surface area (Å²) in [5, 5.41) is 11.4. The van der Waals surface area contributed by atoms with E-state index in [1.165, 1.54) is 0 Å². The highest BCUT2D eigenvalue weighted by atomic mass is 16.4. The van der Waals surface area contributed by atoms with Gasteiger partial charge in [0.2, 0.25) is 0 Å². The molecular weight excluding hydrogens is 270 g/mol. The largest absolute Gasteiger partial charge is 0.481 e. The van der Waals surface area contributed by atoms with Gasteiger partial charge in [-0.05, 0) is 25.7 Å². The fourth-order valence-electron chi connectivity index (χ4n) is 1.98. The van der Waals surface area contributed by atoms with Gasteiger partial charge in [0, 0.05) is 19.2 Å². The average Bonchev–Trinajstić information content (AvgIpc) is 2.41. The SMILES string of the molecule is Cc1ncc(C(=O)NCCCCCC(=O)O)c(C(C)C)n1. The third kappa shape index (κ3) is 5.89. The average molecular weight is 293 g/mol. The number of hydrogen-bond acceptors (Lipinski definition) is 4. The lowest BCUT2D eigenvalue weighted by molar-refractivity contribution is -0.137. The summed E-state index contributed by atoms with van der Waals surface area (Å²) in [7, 11) is 0. The molecule has 0 unspecified atom stereocenters. The lowest BCUT2D eigenvalue weighted by Gasteiger charge is -2.12. The van der Waals surface area contributed by atoms with Gasteiger partial charge in [-0.15, -0.1) is 0 Å². The molecule has 6 heteroatoms. The molecule has 1 amide bonds. The molecule has 0 aliphatic carbocycles. The highest BCUT2D eigenvalue weighted by molar-refractivity contribution is 5.95. The number of rotatable bonds is 8. The van der Waals surface area contributed by atoms with Crippen LogP contribution in [0.15, 0.2) is 6.20 Å². The Morgan fingerprint density at radius 1 is 1.29 bits per heavy atom. The Kier molecular flexibility index (Phi) is 6.78. The molecule has 6 nitrogen and oxygen atoms in total. The van der Waals surface area contributed by atoms with Crippen LogP contribution in [-0.2, 0) is 4.79 Å². The maximum absolute atomic E-state index is 12.1. The Morgan fingerprint density at radius 2 is 2.00 bits per heavy atom. The summed E-state index contributed by atoms with van der Waals surface area (Å²) in [6.45, 7) is 6.31. The molecule has 1 rings (SSSR count). The normalized spacial score (nSPS) is 10.7. The maximum Gasteiger partial charge on any atom is 0.303 e. The van der Waals surface area contributed by atoms with Crippen LogP contribution in [0.2, 0.25) is 0 Å². The zero-order chi connectivity index (χ0) is 15.8. The predicted octanol–water partition coefficient (Wildman–Crippen LogP) is 2.28. The fraction of sp³-hybridized carbons (Fsp3) is 0.600. The summed E-state index contributed by atoms with van der Waals surface area (Å²) in [5.41, 5.74) is 1.27. The van der Waals surface area contributed by atoms with Crippen molar-refractivity contribution >= 4 is 11.9 Å². The maximum atomic E-state index is 12.1. The molecule has 21 heavy (non-hydrogen) atoms. The van der Waals surface area contributed by atoms with Gasteiger partial charge < -0.3 is 10.4 Å². The third-order valence-electron chi connectivity index (χ3n) is 3.08. The van der Waals surface area contributed by atoms with Crippen molar-refractivity contribution in [3.8, 4) is 0 Å². The standard InChI is InChI=1S/C15H23N3O3/c1-10(2)14-12(9-17-11(3)18-14)15(21)16-8-6-4-5-7-13(19)20/h9-10H,4-8H2,1-3H3,(H,16,21)(H,19,20). The predicted molar refractivity (Wildman–Crippen MR) is 79.3 cm³/mol. The minimum atomic E-state index is -0.780. The van der Waals surface area contributed by atoms with E-state index in [1.807, 2.05) is 13.8 Å². The molecule has 0 spiro atoms. The molecule has 1 aromatic rings. The number of unbranched alkanes of at least 4 members (excludes halogenated alkanes) is 2. The molecule has 1 heterocycles. The minimum Gasteiger partial charge on any atom is -0.481 e. The molecule has 0 fully saturated rings. The quantitative estimate of drug-likeness (QED) is 0.717. The van der Waals surface area contributed by atoms with Crippen LogP contribution in [-0.4, -0.2) is 33.5 Å². The first kappa shape index (κ1) is 17.1. The molecule has 2 N–H and O–H groups in total. The van der Waals surface area contributed by atoms with Gasteiger partial charge in [0.05, 0.1) is 11.3 Å². The molecule has 0 radical (unpaired) electrons. The molecular formula is C15H23N3O3. The van der Waals surface area contributed by atoms with Crippen LogP contribution >= 0.6 is 0 Å². The third-order valence-corrected chi connectivity index (χ3v) is 3.08. The van der Waals surface area contributed by atoms with E-state index in [4.69, 9.17) is 5.11 Å². The van der Waals surface area contributed by atoms with E-state index >= 15 is 0 Å². The van der Waals surface area contributed by atoms with E-state index in [2.05, 4.69) is 15.3 Å². The van der Waals surface area contributed by atoms with E-state index in [0.717, 1.165) is 18.5 Å². The van der Waals surface area contributed by atoms with Crippen molar-refractivity contribution in [1.29, 1.82) is 0 Å². The number of hydrogen-bond donors (Lipinski definition) is 2. The monoisotopic (exact) mass is 293 g/mol. The number of carboxylic acids is 1. The lowest BCUT2D eigenvalue weighted by atomic mass is 10.0. The zero-order valence-electron chi connectivity index (χ0n) is 12.8. The smallest absolute Gasteiger partial charge is 0.303 e. The van der Waals surface area contributed by atoms with Crippen molar-refractivity contribution < 1.29 is 14.7 Å². The van der Waals surface area contributed by atoms with Crippen LogP contribution in [0.5, 0.6) is 0 Å². The topological polar surface area (TPSA) is 92.2 Å². The summed E-state index contributed by atoms with van der Waals surface area (Å²) in [6, 6.07) is 0. The number of nitrogens with one attached hydrogen (secondary N) is 1. The van der Waals surface area contributed by atoms with Gasteiger partial charge in [-0.1, -0.05) is 20.3 Å². The van der Waals surface area contributed by atoms with Crippen LogP contribution in [0.25, 0.3) is 0 Å². The van der Waals surface area contributed by atoms with Crippen molar-refractivity contribution in [2.24, 2.45) is 0 Å². The Bertz CT molecular complexity index is 501. The Labute approximate surface area is 125 Å². The number of aliphatic carboxylic acids is 1. The number of aromatic nitrogens is 2. The van der Waals surface area contributed by atoms with Crippen molar-refractivity contribution in [2.45, 2.75) is 52.4 Å². The van der Waals surface area contributed by atoms with Crippen LogP contribution in [0, 0.1) is 6.92 Å². The van der Waals surface area contributed by atoms with Crippen LogP contribution in [0.1, 0.15) is 67.3 Å². The number of amides is 1. The highest BCUT2D eigenvalue weighted by Crippen LogP contribution is 2.16. The first-order chi connectivity index (χ1) is 9.91. The first-order valence-corrected chi connectivity index (χ1v) is 7.25. The van der Waals surface area contributed by atoms with Crippen LogP contribution in [0.3, 0.4) is 0 Å². The van der Waals surface area contributed by atoms with Gasteiger partial charge in [0.15, 0.2) is 0 Å². The number of carboxylic acid groups (broad SMARTS) is 1. The molecule has 0 saturated heterocycles. The highest BCUT2D eigenvalue weighted by Gasteiger charge is 2.15. The van der Waals surface area contributed by atoms with E-state index in [1.54, 1.807) is 13.1 Å². The first-order valence-electron chi connectivity index (χ1n) is 7.25. The molecule has 0 aliphatic rings. The molecule has 0 atom stereocenters. The summed E-state index contributed by atoms with van der Waals surface area (Å²) in [4.78, 5) is 30.9. The Morgan fingerprint density at radius 3 is 2.62 bits per heavy atom. The molecule has 0 aromatic carbocycles. The van der Waals surface area contributed by atoms with Crippen LogP contribution in [0.4, 0.5) is 0 Å². The van der Waals surface area contributed by atoms with Gasteiger partial charge in [-0.3, -0.25) is 9.59 Å². The second-order valence-electron chi connectivity index (χ2n) is 5.33. The van der Waals surface area contributed by atoms with E-state index in [0.29, 0.717) is 24.4 Å². The molecule has 1 aromatic heterocycles. The van der Waals surface area contributed by atoms with Crippen LogP contribution < -0.4 is 5.32 Å². The molecule has 116 valence electrons. The lowest BCUT2D eigenvalue weighted by Crippen LogP contribution is -2.26. The van der Waals surface area contributed by atoms with E-state index in [9.17, 15) is 9.59 Å². The van der Waals surface area contributed by atoms with E-state index in [-0.39, 0.29) is 18.2 Å². The van der Waals surface area contributed by atoms with Gasteiger partial charge in [-0.2, -0.15) is 0 Å². The second-order valence-corrected chi connectivity index (χ2v) is 5.33. The fourth-order valence-corrected chi connectivity index (χ4v) is 1.98. The second kappa shape index (κ2) is 8.34. The Hall–Kier alpha value is -1.98. The summed E-state index contributed by atoms with van der Waals surface area (Å²) in [6.07, 6.45) is 3.93. The Balaban J connectivity index is 2.47. The summed E-state index contributed by atoms with van der Waals surface area (Å²) in [5.74, 6) is -0.138. The van der Waals surface area contributed by atoms with E-state index < -0.39 is 5.97 Å². The van der Waals surface area contributed by atoms with Gasteiger partial charge in [-0.25, -0.2) is 9.97 Å². The van der Waals surface area contributed by atoms with Crippen molar-refractivity contribution in [3.63, 3.8) is 0 Å². The molecule has 0 saturated carbocycles. The summed E-state index contributed by atoms with van der Waals surface area (Å²) < 4.78 is 0. The van der Waals surface area contributed by atoms with Gasteiger partial charge in [0.25, 0.3) is 5.91 Å². The number of aryl methyl sites for hydroxylation is 1. The van der Waals surface area contributed by atoms with Gasteiger partial charge in [0.1, 0.15) is 5.82 Å². The zero-order valence-corrected chi connectivity index (χ0v) is 12.8. The summed E-state index contributed by atoms with van der Waals surface area (Å²) >= 11 is 0. The number of carbonyl (C=O) groups is 2. The molecule has 0 aliphatic heterocycles. The van der Waals surface area contributed by atoms with Gasteiger partial charge >= 0.3 is 5.97 Å².